The number of likely N-dealkylation sites (N-methyl/N-ethyl adjacent to an activating group) is 1. The molecule has 0 aromatic heterocycles. The van der Waals surface area contributed by atoms with E-state index in [1.807, 2.05) is 0 Å². The number of nitrogens with zero attached hydrogens (tertiary/aromatic N) is 2. The maximum absolute atomic E-state index is 14.1. The standard InChI is InChI=1S/C31H29N3O10/c1-11-13-9-8-12(10-34-29(42)14-6-4-5-7-15(14)30(34)43)22(35)17(13)23(36)18-16(11)24(37)20-21(33(2)3)25(38)19(28(32)41)27(40)31(20,44)26(18)39/h4-9,11,16,20-21,24,35-37,40,44H,10H2,1-3H3,(H2,32,41)/t11-,16+,20+,21+,24+,31+/m1/s1. The number of aromatic hydroxyl groups is 1. The largest absolute Gasteiger partial charge is 0.508 e. The molecule has 3 aliphatic carbocycles. The maximum Gasteiger partial charge on any atom is 0.261 e. The Bertz CT molecular complexity index is 1760. The molecule has 0 spiro atoms. The third kappa shape index (κ3) is 3.54. The van der Waals surface area contributed by atoms with Crippen molar-refractivity contribution in [2.75, 3.05) is 14.1 Å². The predicted octanol–water partition coefficient (Wildman–Crippen LogP) is 0.292. The number of phenols is 1. The van der Waals surface area contributed by atoms with E-state index in [1.54, 1.807) is 19.1 Å². The molecule has 0 radical (unpaired) electrons. The molecule has 3 amide bonds. The number of amides is 3. The molecule has 2 aromatic rings. The summed E-state index contributed by atoms with van der Waals surface area (Å²) in [6.45, 7) is 1.24. The fourth-order valence-electron chi connectivity index (χ4n) is 7.34. The van der Waals surface area contributed by atoms with Gasteiger partial charge in [-0.15, -0.1) is 0 Å². The number of phenolic OH excluding ortho intramolecular Hbond substituents is 1. The van der Waals surface area contributed by atoms with Gasteiger partial charge in [0.05, 0.1) is 41.3 Å². The second-order valence-corrected chi connectivity index (χ2v) is 11.8. The summed E-state index contributed by atoms with van der Waals surface area (Å²) in [6, 6.07) is 7.77. The third-order valence-corrected chi connectivity index (χ3v) is 9.42. The summed E-state index contributed by atoms with van der Waals surface area (Å²) in [6.07, 6.45) is -1.72. The first-order valence-corrected chi connectivity index (χ1v) is 13.8. The van der Waals surface area contributed by atoms with Gasteiger partial charge in [-0.2, -0.15) is 0 Å². The molecule has 4 aliphatic rings. The smallest absolute Gasteiger partial charge is 0.261 e. The van der Waals surface area contributed by atoms with E-state index in [1.165, 1.54) is 43.3 Å². The molecule has 7 N–H and O–H groups in total. The number of carbonyl (C=O) groups excluding carboxylic acids is 5. The van der Waals surface area contributed by atoms with Gasteiger partial charge in [-0.3, -0.25) is 33.8 Å². The van der Waals surface area contributed by atoms with Gasteiger partial charge in [0.25, 0.3) is 17.7 Å². The van der Waals surface area contributed by atoms with Crippen LogP contribution in [0.25, 0.3) is 5.76 Å². The molecular weight excluding hydrogens is 574 g/mol. The van der Waals surface area contributed by atoms with Crippen molar-refractivity contribution in [2.45, 2.75) is 37.1 Å². The molecule has 1 heterocycles. The highest BCUT2D eigenvalue weighted by atomic mass is 16.4. The molecule has 1 fully saturated rings. The number of ketones is 2. The zero-order valence-corrected chi connectivity index (χ0v) is 23.8. The van der Waals surface area contributed by atoms with Gasteiger partial charge in [-0.25, -0.2) is 0 Å². The Labute approximate surface area is 250 Å². The Kier molecular flexibility index (Phi) is 6.36. The summed E-state index contributed by atoms with van der Waals surface area (Å²) in [7, 11) is 2.86. The van der Waals surface area contributed by atoms with E-state index in [0.29, 0.717) is 5.56 Å². The second kappa shape index (κ2) is 9.58. The van der Waals surface area contributed by atoms with Gasteiger partial charge in [0.15, 0.2) is 11.4 Å². The predicted molar refractivity (Wildman–Crippen MR) is 151 cm³/mol. The molecule has 1 aliphatic heterocycles. The molecule has 6 atom stereocenters. The second-order valence-electron chi connectivity index (χ2n) is 11.8. The van der Waals surface area contributed by atoms with Crippen LogP contribution in [0.1, 0.15) is 50.2 Å². The van der Waals surface area contributed by atoms with E-state index in [4.69, 9.17) is 5.73 Å². The van der Waals surface area contributed by atoms with Crippen molar-refractivity contribution in [1.29, 1.82) is 0 Å². The third-order valence-electron chi connectivity index (χ3n) is 9.42. The Morgan fingerprint density at radius 1 is 1.00 bits per heavy atom. The Balaban J connectivity index is 1.50. The van der Waals surface area contributed by atoms with Crippen LogP contribution in [0.15, 0.2) is 53.3 Å². The van der Waals surface area contributed by atoms with E-state index in [9.17, 15) is 49.5 Å². The first-order valence-electron chi connectivity index (χ1n) is 13.8. The number of aliphatic hydroxyl groups is 4. The van der Waals surface area contributed by atoms with E-state index >= 15 is 0 Å². The van der Waals surface area contributed by atoms with Crippen molar-refractivity contribution in [3.05, 3.63) is 81.1 Å². The Morgan fingerprint density at radius 2 is 1.59 bits per heavy atom. The molecule has 13 nitrogen and oxygen atoms in total. The lowest BCUT2D eigenvalue weighted by atomic mass is 9.54. The van der Waals surface area contributed by atoms with Crippen LogP contribution in [-0.4, -0.2) is 96.5 Å². The Hall–Kier alpha value is -4.85. The highest BCUT2D eigenvalue weighted by Crippen LogP contribution is 2.56. The van der Waals surface area contributed by atoms with Gasteiger partial charge in [0, 0.05) is 17.1 Å². The fourth-order valence-corrected chi connectivity index (χ4v) is 7.34. The van der Waals surface area contributed by atoms with E-state index in [2.05, 4.69) is 0 Å². The number of primary amides is 1. The van der Waals surface area contributed by atoms with Crippen molar-refractivity contribution >= 4 is 35.0 Å². The minimum Gasteiger partial charge on any atom is -0.508 e. The SMILES string of the molecule is C[C@@H]1c2ccc(CN3C(=O)c4ccccc4C3=O)c(O)c2C(O)=C2C(=O)[C@]3(O)C(O)=C(C(N)=O)C(=O)[C@@H](N(C)C)[C@H]3[C@@H](O)[C@H]21. The van der Waals surface area contributed by atoms with Crippen molar-refractivity contribution in [3.63, 3.8) is 0 Å². The molecule has 0 unspecified atom stereocenters. The van der Waals surface area contributed by atoms with Gasteiger partial charge >= 0.3 is 0 Å². The van der Waals surface area contributed by atoms with Crippen LogP contribution < -0.4 is 5.73 Å². The number of fused-ring (bicyclic) bond motifs is 4. The molecule has 44 heavy (non-hydrogen) atoms. The van der Waals surface area contributed by atoms with Crippen molar-refractivity contribution in [1.82, 2.24) is 9.80 Å². The fraction of sp³-hybridized carbons (Fsp3) is 0.323. The summed E-state index contributed by atoms with van der Waals surface area (Å²) in [5.74, 6) is -11.2. The highest BCUT2D eigenvalue weighted by Gasteiger charge is 2.68. The number of hydrogen-bond donors (Lipinski definition) is 6. The van der Waals surface area contributed by atoms with Gasteiger partial charge in [-0.05, 0) is 37.7 Å². The number of imide groups is 1. The van der Waals surface area contributed by atoms with Crippen LogP contribution in [0.3, 0.4) is 0 Å². The summed E-state index contributed by atoms with van der Waals surface area (Å²) in [5.41, 5.74) is 1.31. The molecule has 0 saturated heterocycles. The summed E-state index contributed by atoms with van der Waals surface area (Å²) >= 11 is 0. The van der Waals surface area contributed by atoms with Gasteiger partial charge in [-0.1, -0.05) is 31.2 Å². The monoisotopic (exact) mass is 603 g/mol. The van der Waals surface area contributed by atoms with Crippen LogP contribution in [0, 0.1) is 11.8 Å². The summed E-state index contributed by atoms with van der Waals surface area (Å²) in [5, 5.41) is 57.4. The van der Waals surface area contributed by atoms with E-state index in [0.717, 1.165) is 4.90 Å². The van der Waals surface area contributed by atoms with Crippen LogP contribution in [0.5, 0.6) is 5.75 Å². The lowest BCUT2D eigenvalue weighted by Crippen LogP contribution is -2.70. The molecular formula is C31H29N3O10. The molecule has 13 heteroatoms. The molecule has 1 saturated carbocycles. The first kappa shape index (κ1) is 29.2. The van der Waals surface area contributed by atoms with Crippen molar-refractivity contribution in [2.24, 2.45) is 17.6 Å². The van der Waals surface area contributed by atoms with Crippen LogP contribution in [0.2, 0.25) is 0 Å². The maximum atomic E-state index is 14.1. The van der Waals surface area contributed by atoms with Crippen LogP contribution >= 0.6 is 0 Å². The lowest BCUT2D eigenvalue weighted by molar-refractivity contribution is -0.169. The number of Topliss-reactive ketones (excluding diaryl/α,β-unsaturated/α-hetero) is 2. The Morgan fingerprint density at radius 3 is 2.14 bits per heavy atom. The van der Waals surface area contributed by atoms with Crippen molar-refractivity contribution < 1.29 is 49.5 Å². The summed E-state index contributed by atoms with van der Waals surface area (Å²) in [4.78, 5) is 67.7. The average Bonchev–Trinajstić information content (AvgIpc) is 3.20. The highest BCUT2D eigenvalue weighted by molar-refractivity contribution is 6.25. The molecule has 0 bridgehead atoms. The minimum atomic E-state index is -3.03. The first-order chi connectivity index (χ1) is 20.7. The van der Waals surface area contributed by atoms with Gasteiger partial charge < -0.3 is 31.3 Å². The van der Waals surface area contributed by atoms with E-state index < -0.39 is 93.2 Å². The number of carbonyl (C=O) groups is 5. The zero-order chi connectivity index (χ0) is 32.2. The average molecular weight is 604 g/mol. The zero-order valence-electron chi connectivity index (χ0n) is 23.8. The molecule has 6 rings (SSSR count). The number of nitrogens with two attached hydrogens (primary N) is 1. The number of hydrogen-bond acceptors (Lipinski definition) is 11. The molecule has 228 valence electrons. The van der Waals surface area contributed by atoms with Gasteiger partial charge in [0.2, 0.25) is 5.78 Å². The topological polar surface area (TPSA) is 219 Å². The quantitative estimate of drug-likeness (QED) is 0.206. The minimum absolute atomic E-state index is 0.0612. The molecule has 2 aromatic carbocycles. The van der Waals surface area contributed by atoms with Gasteiger partial charge in [0.1, 0.15) is 22.8 Å². The van der Waals surface area contributed by atoms with E-state index in [-0.39, 0.29) is 28.8 Å². The lowest BCUT2D eigenvalue weighted by Gasteiger charge is -2.53. The van der Waals surface area contributed by atoms with Crippen LogP contribution in [-0.2, 0) is 20.9 Å². The van der Waals surface area contributed by atoms with Crippen molar-refractivity contribution in [3.8, 4) is 5.75 Å². The van der Waals surface area contributed by atoms with Crippen LogP contribution in [0.4, 0.5) is 0 Å². The number of rotatable bonds is 4. The summed E-state index contributed by atoms with van der Waals surface area (Å²) < 4.78 is 0. The number of benzene rings is 2. The normalized spacial score (nSPS) is 29.6. The number of aliphatic hydroxyl groups excluding tert-OH is 3.